The van der Waals surface area contributed by atoms with Crippen LogP contribution in [0.15, 0.2) is 42.5 Å². The highest BCUT2D eigenvalue weighted by atomic mass is 35.5. The third kappa shape index (κ3) is 2.95. The number of hydrogen-bond donors (Lipinski definition) is 0. The summed E-state index contributed by atoms with van der Waals surface area (Å²) >= 11 is 5.80. The summed E-state index contributed by atoms with van der Waals surface area (Å²) in [5, 5.41) is 11.5. The van der Waals surface area contributed by atoms with Gasteiger partial charge in [-0.3, -0.25) is 10.1 Å². The summed E-state index contributed by atoms with van der Waals surface area (Å²) < 4.78 is 4.60. The van der Waals surface area contributed by atoms with E-state index in [-0.39, 0.29) is 11.3 Å². The van der Waals surface area contributed by atoms with Crippen LogP contribution >= 0.6 is 11.6 Å². The van der Waals surface area contributed by atoms with Crippen molar-refractivity contribution in [2.75, 3.05) is 7.11 Å². The van der Waals surface area contributed by atoms with E-state index in [4.69, 9.17) is 11.6 Å². The van der Waals surface area contributed by atoms with Crippen LogP contribution in [0, 0.1) is 10.1 Å². The van der Waals surface area contributed by atoms with Gasteiger partial charge in [-0.2, -0.15) is 0 Å². The SMILES string of the molecule is COC(=O)c1cc(-c2ccc(Cl)cc2)cc([N+](=O)[O-])c1. The molecular formula is C14H10ClNO4. The molecule has 102 valence electrons. The molecule has 0 heterocycles. The van der Waals surface area contributed by atoms with Gasteiger partial charge in [0.2, 0.25) is 0 Å². The number of halogens is 1. The van der Waals surface area contributed by atoms with Crippen LogP contribution < -0.4 is 0 Å². The van der Waals surface area contributed by atoms with Crippen molar-refractivity contribution in [2.24, 2.45) is 0 Å². The van der Waals surface area contributed by atoms with Crippen LogP contribution in [0.4, 0.5) is 5.69 Å². The van der Waals surface area contributed by atoms with Crippen LogP contribution in [0.5, 0.6) is 0 Å². The molecule has 0 fully saturated rings. The van der Waals surface area contributed by atoms with Crippen molar-refractivity contribution in [1.82, 2.24) is 0 Å². The molecular weight excluding hydrogens is 282 g/mol. The number of ether oxygens (including phenoxy) is 1. The van der Waals surface area contributed by atoms with Crippen molar-refractivity contribution >= 4 is 23.3 Å². The van der Waals surface area contributed by atoms with E-state index in [1.165, 1.54) is 19.2 Å². The second-order valence-electron chi connectivity index (χ2n) is 4.02. The Kier molecular flexibility index (Phi) is 4.00. The second kappa shape index (κ2) is 5.71. The maximum absolute atomic E-state index is 11.6. The molecule has 2 rings (SSSR count). The van der Waals surface area contributed by atoms with Crippen molar-refractivity contribution in [3.63, 3.8) is 0 Å². The van der Waals surface area contributed by atoms with Crippen molar-refractivity contribution in [3.05, 3.63) is 63.2 Å². The minimum absolute atomic E-state index is 0.131. The lowest BCUT2D eigenvalue weighted by atomic mass is 10.0. The molecule has 0 saturated carbocycles. The third-order valence-electron chi connectivity index (χ3n) is 2.73. The highest BCUT2D eigenvalue weighted by Gasteiger charge is 2.15. The molecule has 2 aromatic carbocycles. The number of nitro groups is 1. The summed E-state index contributed by atoms with van der Waals surface area (Å²) in [4.78, 5) is 21.9. The van der Waals surface area contributed by atoms with Gasteiger partial charge in [0, 0.05) is 17.2 Å². The summed E-state index contributed by atoms with van der Waals surface area (Å²) in [5.74, 6) is -0.621. The lowest BCUT2D eigenvalue weighted by molar-refractivity contribution is -0.384. The molecule has 0 atom stereocenters. The normalized spacial score (nSPS) is 10.1. The van der Waals surface area contributed by atoms with E-state index in [0.29, 0.717) is 10.6 Å². The Morgan fingerprint density at radius 3 is 2.35 bits per heavy atom. The number of hydrogen-bond acceptors (Lipinski definition) is 4. The van der Waals surface area contributed by atoms with Crippen molar-refractivity contribution in [1.29, 1.82) is 0 Å². The fourth-order valence-corrected chi connectivity index (χ4v) is 1.89. The second-order valence-corrected chi connectivity index (χ2v) is 4.46. The fourth-order valence-electron chi connectivity index (χ4n) is 1.76. The Balaban J connectivity index is 2.57. The number of methoxy groups -OCH3 is 1. The Labute approximate surface area is 119 Å². The van der Waals surface area contributed by atoms with Gasteiger partial charge in [0.25, 0.3) is 5.69 Å². The fraction of sp³-hybridized carbons (Fsp3) is 0.0714. The van der Waals surface area contributed by atoms with E-state index in [1.807, 2.05) is 0 Å². The highest BCUT2D eigenvalue weighted by molar-refractivity contribution is 6.30. The Morgan fingerprint density at radius 1 is 1.15 bits per heavy atom. The Morgan fingerprint density at radius 2 is 1.80 bits per heavy atom. The van der Waals surface area contributed by atoms with E-state index in [1.54, 1.807) is 30.3 Å². The van der Waals surface area contributed by atoms with Gasteiger partial charge in [-0.1, -0.05) is 23.7 Å². The molecule has 0 spiro atoms. The average Bonchev–Trinajstić information content (AvgIpc) is 2.46. The quantitative estimate of drug-likeness (QED) is 0.491. The molecule has 0 N–H and O–H groups in total. The van der Waals surface area contributed by atoms with Gasteiger partial charge in [-0.05, 0) is 29.3 Å². The number of carbonyl (C=O) groups excluding carboxylic acids is 1. The minimum Gasteiger partial charge on any atom is -0.465 e. The van der Waals surface area contributed by atoms with Crippen LogP contribution in [0.25, 0.3) is 11.1 Å². The number of benzene rings is 2. The molecule has 6 heteroatoms. The number of nitro benzene ring substituents is 1. The highest BCUT2D eigenvalue weighted by Crippen LogP contribution is 2.27. The average molecular weight is 292 g/mol. The van der Waals surface area contributed by atoms with Gasteiger partial charge in [-0.25, -0.2) is 4.79 Å². The third-order valence-corrected chi connectivity index (χ3v) is 2.98. The molecule has 2 aromatic rings. The lowest BCUT2D eigenvalue weighted by Crippen LogP contribution is -2.02. The van der Waals surface area contributed by atoms with E-state index >= 15 is 0 Å². The number of esters is 1. The summed E-state index contributed by atoms with van der Waals surface area (Å²) in [6.45, 7) is 0. The molecule has 0 aromatic heterocycles. The van der Waals surface area contributed by atoms with Crippen molar-refractivity contribution in [3.8, 4) is 11.1 Å². The summed E-state index contributed by atoms with van der Waals surface area (Å²) in [7, 11) is 1.23. The molecule has 0 unspecified atom stereocenters. The van der Waals surface area contributed by atoms with Crippen LogP contribution in [-0.2, 0) is 4.74 Å². The zero-order valence-electron chi connectivity index (χ0n) is 10.5. The van der Waals surface area contributed by atoms with Crippen LogP contribution in [0.2, 0.25) is 5.02 Å². The topological polar surface area (TPSA) is 69.4 Å². The molecule has 20 heavy (non-hydrogen) atoms. The van der Waals surface area contributed by atoms with Gasteiger partial charge in [-0.15, -0.1) is 0 Å². The van der Waals surface area contributed by atoms with Gasteiger partial charge in [0.15, 0.2) is 0 Å². The Hall–Kier alpha value is -2.40. The zero-order chi connectivity index (χ0) is 14.7. The van der Waals surface area contributed by atoms with Gasteiger partial charge >= 0.3 is 5.97 Å². The summed E-state index contributed by atoms with van der Waals surface area (Å²) in [5.41, 5.74) is 1.24. The lowest BCUT2D eigenvalue weighted by Gasteiger charge is -2.05. The zero-order valence-corrected chi connectivity index (χ0v) is 11.3. The predicted octanol–water partition coefficient (Wildman–Crippen LogP) is 3.70. The first-order valence-corrected chi connectivity index (χ1v) is 6.03. The first kappa shape index (κ1) is 14.0. The smallest absolute Gasteiger partial charge is 0.338 e. The minimum atomic E-state index is -0.621. The standard InChI is InChI=1S/C14H10ClNO4/c1-20-14(17)11-6-10(7-13(8-11)16(18)19)9-2-4-12(15)5-3-9/h2-8H,1H3. The van der Waals surface area contributed by atoms with Crippen LogP contribution in [-0.4, -0.2) is 18.0 Å². The molecule has 0 aliphatic heterocycles. The molecule has 0 bridgehead atoms. The van der Waals surface area contributed by atoms with Gasteiger partial charge in [0.1, 0.15) is 0 Å². The Bertz CT molecular complexity index is 667. The maximum Gasteiger partial charge on any atom is 0.338 e. The number of rotatable bonds is 3. The van der Waals surface area contributed by atoms with Gasteiger partial charge in [0.05, 0.1) is 17.6 Å². The predicted molar refractivity (Wildman–Crippen MR) is 74.9 cm³/mol. The number of carbonyl (C=O) groups is 1. The first-order valence-electron chi connectivity index (χ1n) is 5.65. The summed E-state index contributed by atoms with van der Waals surface area (Å²) in [6, 6.07) is 10.9. The molecule has 0 saturated heterocycles. The first-order chi connectivity index (χ1) is 9.51. The van der Waals surface area contributed by atoms with Crippen LogP contribution in [0.1, 0.15) is 10.4 Å². The van der Waals surface area contributed by atoms with E-state index in [9.17, 15) is 14.9 Å². The molecule has 0 amide bonds. The molecule has 0 aliphatic rings. The molecule has 5 nitrogen and oxygen atoms in total. The van der Waals surface area contributed by atoms with Crippen LogP contribution in [0.3, 0.4) is 0 Å². The maximum atomic E-state index is 11.6. The van der Waals surface area contributed by atoms with Crippen molar-refractivity contribution in [2.45, 2.75) is 0 Å². The number of nitrogens with zero attached hydrogens (tertiary/aromatic N) is 1. The van der Waals surface area contributed by atoms with E-state index < -0.39 is 10.9 Å². The molecule has 0 radical (unpaired) electrons. The van der Waals surface area contributed by atoms with Gasteiger partial charge < -0.3 is 4.74 Å². The van der Waals surface area contributed by atoms with Crippen molar-refractivity contribution < 1.29 is 14.5 Å². The monoisotopic (exact) mass is 291 g/mol. The van der Waals surface area contributed by atoms with E-state index in [2.05, 4.69) is 4.74 Å². The molecule has 0 aliphatic carbocycles. The largest absolute Gasteiger partial charge is 0.465 e. The summed E-state index contributed by atoms with van der Waals surface area (Å²) in [6.07, 6.45) is 0. The van der Waals surface area contributed by atoms with E-state index in [0.717, 1.165) is 5.56 Å². The number of non-ortho nitro benzene ring substituents is 1.